The summed E-state index contributed by atoms with van der Waals surface area (Å²) in [4.78, 5) is 12.4. The van der Waals surface area contributed by atoms with Crippen LogP contribution in [0.2, 0.25) is 0 Å². The van der Waals surface area contributed by atoms with E-state index < -0.39 is 14.9 Å². The van der Waals surface area contributed by atoms with Crippen molar-refractivity contribution in [3.63, 3.8) is 0 Å². The molecule has 8 nitrogen and oxygen atoms in total. The molecule has 0 aliphatic carbocycles. The van der Waals surface area contributed by atoms with Crippen LogP contribution in [0.1, 0.15) is 11.1 Å². The predicted octanol–water partition coefficient (Wildman–Crippen LogP) is 2.45. The van der Waals surface area contributed by atoms with E-state index in [1.807, 2.05) is 13.1 Å². The number of ether oxygens (including phenoxy) is 1. The molecule has 0 atom stereocenters. The van der Waals surface area contributed by atoms with Crippen LogP contribution >= 0.6 is 0 Å². The monoisotopic (exact) mass is 405 g/mol. The molecule has 0 saturated heterocycles. The van der Waals surface area contributed by atoms with Crippen molar-refractivity contribution in [2.75, 3.05) is 37.2 Å². The number of benzene rings is 2. The Bertz CT molecular complexity index is 945. The SMILES string of the molecule is CN(CCOc1cccc2c1CCS(=O)(=O)N2)CCc1ccc([N+](=O)[O-])cc1. The number of nitrogens with one attached hydrogen (secondary N) is 1. The second-order valence-corrected chi connectivity index (χ2v) is 8.62. The van der Waals surface area contributed by atoms with Gasteiger partial charge in [-0.1, -0.05) is 18.2 Å². The van der Waals surface area contributed by atoms with Crippen molar-refractivity contribution >= 4 is 21.4 Å². The van der Waals surface area contributed by atoms with E-state index in [1.165, 1.54) is 12.1 Å². The van der Waals surface area contributed by atoms with Gasteiger partial charge in [-0.15, -0.1) is 0 Å². The number of fused-ring (bicyclic) bond motifs is 1. The lowest BCUT2D eigenvalue weighted by atomic mass is 10.1. The number of nitro benzene ring substituents is 1. The molecular weight excluding hydrogens is 382 g/mol. The third kappa shape index (κ3) is 5.20. The highest BCUT2D eigenvalue weighted by molar-refractivity contribution is 7.92. The first-order valence-electron chi connectivity index (χ1n) is 9.01. The first kappa shape index (κ1) is 20.1. The molecule has 2 aromatic rings. The molecule has 0 spiro atoms. The van der Waals surface area contributed by atoms with Gasteiger partial charge < -0.3 is 9.64 Å². The Morgan fingerprint density at radius 2 is 1.93 bits per heavy atom. The zero-order valence-electron chi connectivity index (χ0n) is 15.6. The minimum Gasteiger partial charge on any atom is -0.492 e. The molecule has 1 N–H and O–H groups in total. The fourth-order valence-electron chi connectivity index (χ4n) is 3.04. The molecule has 28 heavy (non-hydrogen) atoms. The van der Waals surface area contributed by atoms with Crippen LogP contribution in [0.3, 0.4) is 0 Å². The fraction of sp³-hybridized carbons (Fsp3) is 0.368. The predicted molar refractivity (Wildman–Crippen MR) is 107 cm³/mol. The van der Waals surface area contributed by atoms with Crippen LogP contribution in [0.25, 0.3) is 0 Å². The van der Waals surface area contributed by atoms with E-state index in [9.17, 15) is 18.5 Å². The van der Waals surface area contributed by atoms with Crippen molar-refractivity contribution in [1.82, 2.24) is 4.90 Å². The fourth-order valence-corrected chi connectivity index (χ4v) is 4.14. The van der Waals surface area contributed by atoms with Gasteiger partial charge in [0.25, 0.3) is 5.69 Å². The molecule has 1 aliphatic rings. The van der Waals surface area contributed by atoms with Gasteiger partial charge in [0.2, 0.25) is 10.0 Å². The molecule has 0 aromatic heterocycles. The van der Waals surface area contributed by atoms with E-state index in [4.69, 9.17) is 4.74 Å². The van der Waals surface area contributed by atoms with Crippen LogP contribution in [-0.4, -0.2) is 50.7 Å². The van der Waals surface area contributed by atoms with Crippen LogP contribution < -0.4 is 9.46 Å². The molecule has 0 unspecified atom stereocenters. The first-order chi connectivity index (χ1) is 13.3. The van der Waals surface area contributed by atoms with Gasteiger partial charge in [-0.2, -0.15) is 0 Å². The summed E-state index contributed by atoms with van der Waals surface area (Å²) in [7, 11) is -1.25. The van der Waals surface area contributed by atoms with Gasteiger partial charge in [-0.05, 0) is 37.6 Å². The first-order valence-corrected chi connectivity index (χ1v) is 10.7. The molecule has 1 aliphatic heterocycles. The Balaban J connectivity index is 1.47. The van der Waals surface area contributed by atoms with E-state index in [0.29, 0.717) is 31.0 Å². The number of nitro groups is 1. The molecule has 9 heteroatoms. The minimum atomic E-state index is -3.24. The second kappa shape index (κ2) is 8.57. The maximum absolute atomic E-state index is 11.7. The second-order valence-electron chi connectivity index (χ2n) is 6.78. The Kier molecular flexibility index (Phi) is 6.15. The zero-order valence-corrected chi connectivity index (χ0v) is 16.4. The van der Waals surface area contributed by atoms with Gasteiger partial charge in [0.15, 0.2) is 0 Å². The van der Waals surface area contributed by atoms with E-state index in [-0.39, 0.29) is 11.4 Å². The normalized spacial score (nSPS) is 14.9. The average Bonchev–Trinajstić information content (AvgIpc) is 2.66. The number of sulfonamides is 1. The third-order valence-corrected chi connectivity index (χ3v) is 5.95. The topological polar surface area (TPSA) is 102 Å². The summed E-state index contributed by atoms with van der Waals surface area (Å²) in [6.07, 6.45) is 1.23. The lowest BCUT2D eigenvalue weighted by Gasteiger charge is -2.22. The van der Waals surface area contributed by atoms with Crippen molar-refractivity contribution in [2.45, 2.75) is 12.8 Å². The molecule has 0 fully saturated rings. The number of likely N-dealkylation sites (N-methyl/N-ethyl adjacent to an activating group) is 1. The van der Waals surface area contributed by atoms with Crippen LogP contribution in [0.5, 0.6) is 5.75 Å². The quantitative estimate of drug-likeness (QED) is 0.535. The van der Waals surface area contributed by atoms with Gasteiger partial charge in [0.05, 0.1) is 16.4 Å². The highest BCUT2D eigenvalue weighted by atomic mass is 32.2. The van der Waals surface area contributed by atoms with Crippen LogP contribution in [0, 0.1) is 10.1 Å². The number of hydrogen-bond donors (Lipinski definition) is 1. The number of nitrogens with zero attached hydrogens (tertiary/aromatic N) is 2. The van der Waals surface area contributed by atoms with Crippen LogP contribution in [0.15, 0.2) is 42.5 Å². The number of hydrogen-bond acceptors (Lipinski definition) is 6. The molecule has 2 aromatic carbocycles. The largest absolute Gasteiger partial charge is 0.492 e. The average molecular weight is 405 g/mol. The Morgan fingerprint density at radius 3 is 2.64 bits per heavy atom. The zero-order chi connectivity index (χ0) is 20.1. The molecule has 0 radical (unpaired) electrons. The maximum atomic E-state index is 11.7. The van der Waals surface area contributed by atoms with Gasteiger partial charge >= 0.3 is 0 Å². The van der Waals surface area contributed by atoms with Crippen molar-refractivity contribution in [1.29, 1.82) is 0 Å². The highest BCUT2D eigenvalue weighted by Crippen LogP contribution is 2.31. The minimum absolute atomic E-state index is 0.0650. The number of anilines is 1. The van der Waals surface area contributed by atoms with Gasteiger partial charge in [0, 0.05) is 30.8 Å². The highest BCUT2D eigenvalue weighted by Gasteiger charge is 2.22. The summed E-state index contributed by atoms with van der Waals surface area (Å²) in [5.74, 6) is 0.777. The standard InChI is InChI=1S/C19H23N3O5S/c1-21(11-9-15-5-7-16(8-6-15)22(23)24)12-13-27-19-4-2-3-18-17(19)10-14-28(25,26)20-18/h2-8,20H,9-14H2,1H3. The summed E-state index contributed by atoms with van der Waals surface area (Å²) < 4.78 is 31.8. The summed E-state index contributed by atoms with van der Waals surface area (Å²) >= 11 is 0. The lowest BCUT2D eigenvalue weighted by molar-refractivity contribution is -0.384. The summed E-state index contributed by atoms with van der Waals surface area (Å²) in [5, 5.41) is 10.7. The Hall–Kier alpha value is -2.65. The molecule has 0 amide bonds. The maximum Gasteiger partial charge on any atom is 0.269 e. The molecule has 3 rings (SSSR count). The summed E-state index contributed by atoms with van der Waals surface area (Å²) in [6, 6.07) is 12.0. The molecule has 1 heterocycles. The summed E-state index contributed by atoms with van der Waals surface area (Å²) in [6.45, 7) is 2.00. The third-order valence-electron chi connectivity index (χ3n) is 4.68. The molecular formula is C19H23N3O5S. The van der Waals surface area contributed by atoms with E-state index in [1.54, 1.807) is 24.3 Å². The van der Waals surface area contributed by atoms with Gasteiger partial charge in [-0.25, -0.2) is 8.42 Å². The van der Waals surface area contributed by atoms with Crippen molar-refractivity contribution in [3.05, 3.63) is 63.7 Å². The lowest BCUT2D eigenvalue weighted by Crippen LogP contribution is -2.27. The molecule has 0 bridgehead atoms. The van der Waals surface area contributed by atoms with Crippen LogP contribution in [-0.2, 0) is 22.9 Å². The van der Waals surface area contributed by atoms with Crippen molar-refractivity contribution in [3.8, 4) is 5.75 Å². The van der Waals surface area contributed by atoms with Gasteiger partial charge in [-0.3, -0.25) is 14.8 Å². The molecule has 150 valence electrons. The van der Waals surface area contributed by atoms with Crippen molar-refractivity contribution < 1.29 is 18.1 Å². The van der Waals surface area contributed by atoms with Crippen LogP contribution in [0.4, 0.5) is 11.4 Å². The smallest absolute Gasteiger partial charge is 0.269 e. The van der Waals surface area contributed by atoms with E-state index in [2.05, 4.69) is 9.62 Å². The Morgan fingerprint density at radius 1 is 1.18 bits per heavy atom. The van der Waals surface area contributed by atoms with E-state index in [0.717, 1.165) is 24.1 Å². The van der Waals surface area contributed by atoms with Crippen molar-refractivity contribution in [2.24, 2.45) is 0 Å². The van der Waals surface area contributed by atoms with E-state index >= 15 is 0 Å². The summed E-state index contributed by atoms with van der Waals surface area (Å²) in [5.41, 5.74) is 2.63. The molecule has 0 saturated carbocycles. The van der Waals surface area contributed by atoms with Gasteiger partial charge in [0.1, 0.15) is 12.4 Å². The number of non-ortho nitro benzene ring substituents is 1. The number of rotatable bonds is 8. The Labute approximate surface area is 164 Å².